The number of hydrogen-bond acceptors (Lipinski definition) is 5. The SMILES string of the molecule is CCOCc1nc(N)cc(Nc2cc(F)c(Br)cc2F)n1. The van der Waals surface area contributed by atoms with Crippen molar-refractivity contribution in [1.82, 2.24) is 9.97 Å². The summed E-state index contributed by atoms with van der Waals surface area (Å²) in [6.45, 7) is 2.53. The number of hydrogen-bond donors (Lipinski definition) is 2. The Hall–Kier alpha value is -1.80. The number of ether oxygens (including phenoxy) is 1. The lowest BCUT2D eigenvalue weighted by molar-refractivity contribution is 0.128. The number of nitrogens with two attached hydrogens (primary N) is 1. The summed E-state index contributed by atoms with van der Waals surface area (Å²) in [5.74, 6) is -0.377. The summed E-state index contributed by atoms with van der Waals surface area (Å²) < 4.78 is 32.5. The van der Waals surface area contributed by atoms with Gasteiger partial charge in [-0.25, -0.2) is 18.7 Å². The highest BCUT2D eigenvalue weighted by atomic mass is 79.9. The van der Waals surface area contributed by atoms with E-state index in [1.165, 1.54) is 6.07 Å². The molecule has 2 rings (SSSR count). The molecular weight excluding hydrogens is 346 g/mol. The third-order valence-corrected chi connectivity index (χ3v) is 3.11. The first-order valence-corrected chi connectivity index (χ1v) is 6.91. The second kappa shape index (κ2) is 6.77. The Bertz CT molecular complexity index is 654. The highest BCUT2D eigenvalue weighted by Crippen LogP contribution is 2.25. The van der Waals surface area contributed by atoms with Crippen molar-refractivity contribution in [2.45, 2.75) is 13.5 Å². The van der Waals surface area contributed by atoms with Crippen LogP contribution in [0.3, 0.4) is 0 Å². The molecule has 1 heterocycles. The van der Waals surface area contributed by atoms with Crippen molar-refractivity contribution >= 4 is 33.3 Å². The lowest BCUT2D eigenvalue weighted by atomic mass is 10.3. The molecule has 21 heavy (non-hydrogen) atoms. The molecule has 0 unspecified atom stereocenters. The van der Waals surface area contributed by atoms with Gasteiger partial charge in [0, 0.05) is 18.7 Å². The maximum absolute atomic E-state index is 13.8. The molecule has 0 amide bonds. The highest BCUT2D eigenvalue weighted by molar-refractivity contribution is 9.10. The van der Waals surface area contributed by atoms with Crippen molar-refractivity contribution in [3.05, 3.63) is 40.1 Å². The Morgan fingerprint density at radius 3 is 2.71 bits per heavy atom. The zero-order chi connectivity index (χ0) is 15.4. The first-order valence-electron chi connectivity index (χ1n) is 6.12. The van der Waals surface area contributed by atoms with E-state index in [0.717, 1.165) is 12.1 Å². The van der Waals surface area contributed by atoms with Crippen molar-refractivity contribution in [3.63, 3.8) is 0 Å². The number of nitrogens with zero attached hydrogens (tertiary/aromatic N) is 2. The van der Waals surface area contributed by atoms with E-state index in [2.05, 4.69) is 31.2 Å². The zero-order valence-electron chi connectivity index (χ0n) is 11.2. The molecule has 1 aromatic heterocycles. The number of rotatable bonds is 5. The maximum Gasteiger partial charge on any atom is 0.158 e. The van der Waals surface area contributed by atoms with E-state index >= 15 is 0 Å². The largest absolute Gasteiger partial charge is 0.384 e. The summed E-state index contributed by atoms with van der Waals surface area (Å²) >= 11 is 2.91. The van der Waals surface area contributed by atoms with Gasteiger partial charge < -0.3 is 15.8 Å². The second-order valence-electron chi connectivity index (χ2n) is 4.10. The van der Waals surface area contributed by atoms with Crippen LogP contribution >= 0.6 is 15.9 Å². The number of benzene rings is 1. The molecule has 0 saturated carbocycles. The number of anilines is 3. The van der Waals surface area contributed by atoms with Crippen LogP contribution in [-0.2, 0) is 11.3 Å². The average Bonchev–Trinajstić information content (AvgIpc) is 2.42. The van der Waals surface area contributed by atoms with E-state index < -0.39 is 11.6 Å². The summed E-state index contributed by atoms with van der Waals surface area (Å²) in [6, 6.07) is 3.48. The minimum Gasteiger partial charge on any atom is -0.384 e. The molecule has 1 aromatic carbocycles. The second-order valence-corrected chi connectivity index (χ2v) is 4.96. The molecule has 0 atom stereocenters. The maximum atomic E-state index is 13.8. The van der Waals surface area contributed by atoms with Gasteiger partial charge in [0.1, 0.15) is 29.9 Å². The van der Waals surface area contributed by atoms with Crippen LogP contribution in [0, 0.1) is 11.6 Å². The summed E-state index contributed by atoms with van der Waals surface area (Å²) in [5, 5.41) is 2.68. The van der Waals surface area contributed by atoms with Crippen molar-refractivity contribution in [2.24, 2.45) is 0 Å². The van der Waals surface area contributed by atoms with E-state index in [1.54, 1.807) is 0 Å². The molecule has 0 aliphatic rings. The summed E-state index contributed by atoms with van der Waals surface area (Å²) in [5.41, 5.74) is 5.61. The summed E-state index contributed by atoms with van der Waals surface area (Å²) in [7, 11) is 0. The lowest BCUT2D eigenvalue weighted by Gasteiger charge is -2.10. The number of nitrogens with one attached hydrogen (secondary N) is 1. The van der Waals surface area contributed by atoms with Crippen molar-refractivity contribution < 1.29 is 13.5 Å². The predicted molar refractivity (Wildman–Crippen MR) is 79.1 cm³/mol. The molecule has 0 saturated heterocycles. The number of halogens is 3. The molecule has 2 aromatic rings. The molecule has 5 nitrogen and oxygen atoms in total. The molecule has 3 N–H and O–H groups in total. The number of nitrogen functional groups attached to an aromatic ring is 1. The van der Waals surface area contributed by atoms with Gasteiger partial charge in [0.15, 0.2) is 5.82 Å². The standard InChI is InChI=1S/C13H13BrF2N4O/c1-2-21-6-13-19-11(17)5-12(20-13)18-10-4-8(15)7(14)3-9(10)16/h3-5H,2,6H2,1H3,(H3,17,18,19,20). The Labute approximate surface area is 128 Å². The smallest absolute Gasteiger partial charge is 0.158 e. The van der Waals surface area contributed by atoms with Gasteiger partial charge in [-0.2, -0.15) is 0 Å². The normalized spacial score (nSPS) is 10.7. The monoisotopic (exact) mass is 358 g/mol. The van der Waals surface area contributed by atoms with Gasteiger partial charge in [-0.3, -0.25) is 0 Å². The number of aromatic nitrogens is 2. The lowest BCUT2D eigenvalue weighted by Crippen LogP contribution is -2.06. The summed E-state index contributed by atoms with van der Waals surface area (Å²) in [4.78, 5) is 8.12. The predicted octanol–water partition coefficient (Wildman–Crippen LogP) is 3.38. The van der Waals surface area contributed by atoms with Gasteiger partial charge >= 0.3 is 0 Å². The fourth-order valence-electron chi connectivity index (χ4n) is 1.60. The molecule has 0 bridgehead atoms. The van der Waals surface area contributed by atoms with Gasteiger partial charge in [0.05, 0.1) is 10.2 Å². The first kappa shape index (κ1) is 15.6. The van der Waals surface area contributed by atoms with Crippen molar-refractivity contribution in [3.8, 4) is 0 Å². The molecule has 8 heteroatoms. The van der Waals surface area contributed by atoms with E-state index in [9.17, 15) is 8.78 Å². The van der Waals surface area contributed by atoms with Gasteiger partial charge in [0.25, 0.3) is 0 Å². The fraction of sp³-hybridized carbons (Fsp3) is 0.231. The third-order valence-electron chi connectivity index (χ3n) is 2.50. The Morgan fingerprint density at radius 1 is 1.24 bits per heavy atom. The van der Waals surface area contributed by atoms with Crippen molar-refractivity contribution in [2.75, 3.05) is 17.7 Å². The van der Waals surface area contributed by atoms with Crippen LogP contribution in [0.4, 0.5) is 26.1 Å². The topological polar surface area (TPSA) is 73.1 Å². The first-order chi connectivity index (χ1) is 9.99. The quantitative estimate of drug-likeness (QED) is 0.801. The Morgan fingerprint density at radius 2 is 2.00 bits per heavy atom. The minimum atomic E-state index is -0.619. The van der Waals surface area contributed by atoms with Crippen LogP contribution < -0.4 is 11.1 Å². The molecule has 0 aliphatic carbocycles. The van der Waals surface area contributed by atoms with E-state index in [4.69, 9.17) is 10.5 Å². The Kier molecular flexibility index (Phi) is 5.03. The van der Waals surface area contributed by atoms with Gasteiger partial charge in [0.2, 0.25) is 0 Å². The molecule has 112 valence electrons. The molecule has 0 fully saturated rings. The van der Waals surface area contributed by atoms with Gasteiger partial charge in [-0.1, -0.05) is 0 Å². The molecular formula is C13H13BrF2N4O. The highest BCUT2D eigenvalue weighted by Gasteiger charge is 2.10. The van der Waals surface area contributed by atoms with Crippen LogP contribution in [-0.4, -0.2) is 16.6 Å². The zero-order valence-corrected chi connectivity index (χ0v) is 12.7. The van der Waals surface area contributed by atoms with Crippen LogP contribution in [0.5, 0.6) is 0 Å². The molecule has 0 spiro atoms. The molecule has 0 aliphatic heterocycles. The van der Waals surface area contributed by atoms with E-state index in [-0.39, 0.29) is 28.4 Å². The third kappa shape index (κ3) is 4.08. The van der Waals surface area contributed by atoms with E-state index in [1.807, 2.05) is 6.92 Å². The van der Waals surface area contributed by atoms with Gasteiger partial charge in [-0.05, 0) is 28.9 Å². The Balaban J connectivity index is 2.27. The van der Waals surface area contributed by atoms with Crippen LogP contribution in [0.25, 0.3) is 0 Å². The van der Waals surface area contributed by atoms with Gasteiger partial charge in [-0.15, -0.1) is 0 Å². The van der Waals surface area contributed by atoms with E-state index in [0.29, 0.717) is 12.4 Å². The van der Waals surface area contributed by atoms with Crippen LogP contribution in [0.2, 0.25) is 0 Å². The summed E-state index contributed by atoms with van der Waals surface area (Å²) in [6.07, 6.45) is 0. The van der Waals surface area contributed by atoms with Crippen LogP contribution in [0.15, 0.2) is 22.7 Å². The fourth-order valence-corrected chi connectivity index (χ4v) is 1.91. The molecule has 0 radical (unpaired) electrons. The van der Waals surface area contributed by atoms with Crippen molar-refractivity contribution in [1.29, 1.82) is 0 Å². The van der Waals surface area contributed by atoms with Crippen LogP contribution in [0.1, 0.15) is 12.7 Å². The minimum absolute atomic E-state index is 0.0452. The average molecular weight is 359 g/mol.